The molecule has 10 heteroatoms. The quantitative estimate of drug-likeness (QED) is 0.538. The number of hydrogen-bond donors (Lipinski definition) is 0. The number of benzene rings is 2. The van der Waals surface area contributed by atoms with Crippen LogP contribution in [0.1, 0.15) is 23.0 Å². The molecule has 0 fully saturated rings. The summed E-state index contributed by atoms with van der Waals surface area (Å²) in [6.45, 7) is 2.06. The van der Waals surface area contributed by atoms with E-state index in [9.17, 15) is 14.4 Å². The zero-order valence-electron chi connectivity index (χ0n) is 18.2. The number of hydrogen-bond acceptors (Lipinski definition) is 6. The second-order valence-electron chi connectivity index (χ2n) is 6.92. The molecule has 1 amide bonds. The fraction of sp³-hybridized carbons (Fsp3) is 0.273. The Balaban J connectivity index is 2.26. The van der Waals surface area contributed by atoms with Gasteiger partial charge in [0.05, 0.1) is 26.5 Å². The number of ether oxygens (including phenoxy) is 2. The molecule has 2 aromatic carbocycles. The van der Waals surface area contributed by atoms with Crippen molar-refractivity contribution in [3.05, 3.63) is 79.6 Å². The van der Waals surface area contributed by atoms with Crippen molar-refractivity contribution in [1.82, 2.24) is 19.2 Å². The lowest BCUT2D eigenvalue weighted by Crippen LogP contribution is -2.46. The highest BCUT2D eigenvalue weighted by molar-refractivity contribution is 6.30. The smallest absolute Gasteiger partial charge is 0.352 e. The van der Waals surface area contributed by atoms with Gasteiger partial charge in [-0.05, 0) is 36.8 Å². The maximum Gasteiger partial charge on any atom is 0.352 e. The van der Waals surface area contributed by atoms with Gasteiger partial charge in [0.15, 0.2) is 11.5 Å². The lowest BCUT2D eigenvalue weighted by atomic mass is 10.2. The molecule has 0 saturated carbocycles. The fourth-order valence-electron chi connectivity index (χ4n) is 3.06. The zero-order valence-corrected chi connectivity index (χ0v) is 18.9. The van der Waals surface area contributed by atoms with Gasteiger partial charge in [-0.15, -0.1) is 0 Å². The van der Waals surface area contributed by atoms with Gasteiger partial charge in [-0.3, -0.25) is 14.2 Å². The molecule has 1 aromatic heterocycles. The number of rotatable bonds is 7. The summed E-state index contributed by atoms with van der Waals surface area (Å²) >= 11 is 6.05. The highest BCUT2D eigenvalue weighted by atomic mass is 35.5. The summed E-state index contributed by atoms with van der Waals surface area (Å²) in [4.78, 5) is 40.6. The number of halogens is 1. The third-order valence-electron chi connectivity index (χ3n) is 4.92. The van der Waals surface area contributed by atoms with Crippen LogP contribution in [-0.2, 0) is 6.54 Å². The van der Waals surface area contributed by atoms with Gasteiger partial charge >= 0.3 is 5.69 Å². The molecular weight excluding hydrogens is 436 g/mol. The standard InChI is InChI=1S/C22H23ClN4O5/c1-5-25(2)20(28)19-21(29)26(13-14-7-6-8-15(23)11-14)22(30)27(24-19)16-9-10-17(31-3)18(12-16)32-4/h6-12H,5,13H2,1-4H3. The Morgan fingerprint density at radius 3 is 2.44 bits per heavy atom. The van der Waals surface area contributed by atoms with Crippen LogP contribution in [0.2, 0.25) is 5.02 Å². The summed E-state index contributed by atoms with van der Waals surface area (Å²) in [6, 6.07) is 11.5. The van der Waals surface area contributed by atoms with Crippen LogP contribution < -0.4 is 20.7 Å². The summed E-state index contributed by atoms with van der Waals surface area (Å²) in [5.74, 6) is 0.231. The van der Waals surface area contributed by atoms with Crippen molar-refractivity contribution < 1.29 is 14.3 Å². The Morgan fingerprint density at radius 1 is 1.09 bits per heavy atom. The molecule has 0 radical (unpaired) electrons. The summed E-state index contributed by atoms with van der Waals surface area (Å²) < 4.78 is 12.5. The van der Waals surface area contributed by atoms with E-state index in [0.717, 1.165) is 9.25 Å². The van der Waals surface area contributed by atoms with Crippen LogP contribution in [-0.4, -0.2) is 53.0 Å². The molecule has 3 rings (SSSR count). The molecule has 0 atom stereocenters. The number of aromatic nitrogens is 3. The molecule has 9 nitrogen and oxygen atoms in total. The van der Waals surface area contributed by atoms with E-state index < -0.39 is 17.2 Å². The van der Waals surface area contributed by atoms with E-state index in [1.165, 1.54) is 19.1 Å². The second-order valence-corrected chi connectivity index (χ2v) is 7.36. The van der Waals surface area contributed by atoms with Crippen LogP contribution in [0.25, 0.3) is 5.69 Å². The van der Waals surface area contributed by atoms with Crippen LogP contribution >= 0.6 is 11.6 Å². The summed E-state index contributed by atoms with van der Waals surface area (Å²) in [5.41, 5.74) is -0.926. The molecule has 0 bridgehead atoms. The molecule has 0 aliphatic carbocycles. The first-order valence-corrected chi connectivity index (χ1v) is 10.1. The molecule has 0 N–H and O–H groups in total. The van der Waals surface area contributed by atoms with Gasteiger partial charge in [-0.25, -0.2) is 4.79 Å². The number of carbonyl (C=O) groups is 1. The van der Waals surface area contributed by atoms with Gasteiger partial charge in [-0.2, -0.15) is 9.78 Å². The van der Waals surface area contributed by atoms with Crippen LogP contribution in [0.4, 0.5) is 0 Å². The third kappa shape index (κ3) is 4.52. The molecule has 3 aromatic rings. The van der Waals surface area contributed by atoms with E-state index in [4.69, 9.17) is 21.1 Å². The molecule has 0 saturated heterocycles. The highest BCUT2D eigenvalue weighted by Gasteiger charge is 2.23. The number of amides is 1. The minimum atomic E-state index is -0.781. The molecule has 168 valence electrons. The van der Waals surface area contributed by atoms with E-state index in [-0.39, 0.29) is 12.2 Å². The lowest BCUT2D eigenvalue weighted by Gasteiger charge is -2.17. The van der Waals surface area contributed by atoms with Crippen LogP contribution in [0, 0.1) is 0 Å². The Labute approximate surface area is 189 Å². The van der Waals surface area contributed by atoms with E-state index in [1.807, 2.05) is 0 Å². The maximum absolute atomic E-state index is 13.3. The minimum absolute atomic E-state index is 0.0792. The van der Waals surface area contributed by atoms with Crippen LogP contribution in [0.5, 0.6) is 11.5 Å². The van der Waals surface area contributed by atoms with Crippen molar-refractivity contribution in [1.29, 1.82) is 0 Å². The normalized spacial score (nSPS) is 10.7. The van der Waals surface area contributed by atoms with Crippen molar-refractivity contribution in [3.63, 3.8) is 0 Å². The van der Waals surface area contributed by atoms with Crippen molar-refractivity contribution in [2.24, 2.45) is 0 Å². The van der Waals surface area contributed by atoms with Crippen molar-refractivity contribution in [3.8, 4) is 17.2 Å². The van der Waals surface area contributed by atoms with Gasteiger partial charge in [0, 0.05) is 24.7 Å². The Morgan fingerprint density at radius 2 is 1.81 bits per heavy atom. The van der Waals surface area contributed by atoms with Crippen LogP contribution in [0.15, 0.2) is 52.1 Å². The van der Waals surface area contributed by atoms with Gasteiger partial charge in [0.25, 0.3) is 11.5 Å². The summed E-state index contributed by atoms with van der Waals surface area (Å²) in [5, 5.41) is 4.58. The van der Waals surface area contributed by atoms with Crippen LogP contribution in [0.3, 0.4) is 0 Å². The first kappa shape index (κ1) is 23.1. The minimum Gasteiger partial charge on any atom is -0.493 e. The van der Waals surface area contributed by atoms with E-state index >= 15 is 0 Å². The monoisotopic (exact) mass is 458 g/mol. The number of nitrogens with zero attached hydrogens (tertiary/aromatic N) is 4. The average Bonchev–Trinajstić information content (AvgIpc) is 2.80. The molecule has 32 heavy (non-hydrogen) atoms. The maximum atomic E-state index is 13.3. The van der Waals surface area contributed by atoms with E-state index in [2.05, 4.69) is 5.10 Å². The fourth-order valence-corrected chi connectivity index (χ4v) is 3.27. The number of methoxy groups -OCH3 is 2. The topological polar surface area (TPSA) is 95.7 Å². The van der Waals surface area contributed by atoms with Gasteiger partial charge in [0.1, 0.15) is 0 Å². The van der Waals surface area contributed by atoms with Crippen molar-refractivity contribution in [2.45, 2.75) is 13.5 Å². The largest absolute Gasteiger partial charge is 0.493 e. The van der Waals surface area contributed by atoms with Gasteiger partial charge in [0.2, 0.25) is 5.69 Å². The molecule has 0 aliphatic rings. The van der Waals surface area contributed by atoms with Crippen molar-refractivity contribution >= 4 is 17.5 Å². The van der Waals surface area contributed by atoms with Gasteiger partial charge in [-0.1, -0.05) is 23.7 Å². The van der Waals surface area contributed by atoms with E-state index in [0.29, 0.717) is 34.3 Å². The number of carbonyl (C=O) groups excluding carboxylic acids is 1. The molecular formula is C22H23ClN4O5. The predicted molar refractivity (Wildman–Crippen MR) is 120 cm³/mol. The average molecular weight is 459 g/mol. The first-order chi connectivity index (χ1) is 15.3. The van der Waals surface area contributed by atoms with Crippen molar-refractivity contribution in [2.75, 3.05) is 27.8 Å². The Hall–Kier alpha value is -3.59. The lowest BCUT2D eigenvalue weighted by molar-refractivity contribution is 0.0791. The summed E-state index contributed by atoms with van der Waals surface area (Å²) in [7, 11) is 4.50. The van der Waals surface area contributed by atoms with E-state index in [1.54, 1.807) is 56.4 Å². The Bertz CT molecular complexity index is 1270. The molecule has 0 spiro atoms. The SMILES string of the molecule is CCN(C)C(=O)c1nn(-c2ccc(OC)c(OC)c2)c(=O)n(Cc2cccc(Cl)c2)c1=O. The molecule has 1 heterocycles. The van der Waals surface area contributed by atoms with Gasteiger partial charge < -0.3 is 14.4 Å². The molecule has 0 aliphatic heterocycles. The zero-order chi connectivity index (χ0) is 23.4. The Kier molecular flexibility index (Phi) is 6.99. The molecule has 0 unspecified atom stereocenters. The summed E-state index contributed by atoms with van der Waals surface area (Å²) in [6.07, 6.45) is 0. The highest BCUT2D eigenvalue weighted by Crippen LogP contribution is 2.28. The first-order valence-electron chi connectivity index (χ1n) is 9.77. The predicted octanol–water partition coefficient (Wildman–Crippen LogP) is 2.20. The second kappa shape index (κ2) is 9.69. The third-order valence-corrected chi connectivity index (χ3v) is 5.16.